The molecular weight excluding hydrogens is 2270 g/mol. The van der Waals surface area contributed by atoms with Gasteiger partial charge in [-0.2, -0.15) is 27.2 Å². The Morgan fingerprint density at radius 2 is 0.846 bits per heavy atom. The number of likely N-dealkylation sites (tertiary alicyclic amines) is 3. The Hall–Kier alpha value is -10.7. The summed E-state index contributed by atoms with van der Waals surface area (Å²) in [5.74, 6) is -5.61. The number of phenolic OH excluding ortho intramolecular Hbond substituents is 1. The van der Waals surface area contributed by atoms with Gasteiger partial charge in [0.05, 0.1) is 99.9 Å². The van der Waals surface area contributed by atoms with Gasteiger partial charge in [-0.15, -0.1) is 0 Å². The normalized spacial score (nSPS) is 15.1. The third-order valence-corrected chi connectivity index (χ3v) is 22.4. The minimum absolute atomic E-state index is 0. The number of nitrogens with one attached hydrogen (secondary N) is 2. The van der Waals surface area contributed by atoms with Crippen LogP contribution in [0.2, 0.25) is 35.2 Å². The third-order valence-electron chi connectivity index (χ3n) is 20.0. The number of phenols is 1. The molecule has 4 saturated heterocycles. The van der Waals surface area contributed by atoms with Crippen LogP contribution < -0.4 is 27.6 Å². The quantitative estimate of drug-likeness (QED) is 0.00631. The average molecular weight is 2390 g/mol. The molecular formula is C93H118B2Br2Cl7F5N15O24S. The molecule has 8 aromatic carbocycles. The average Bonchev–Trinajstić information content (AvgIpc) is 1.62. The van der Waals surface area contributed by atoms with Gasteiger partial charge in [0.15, 0.2) is 0 Å². The second-order valence-corrected chi connectivity index (χ2v) is 40.4. The summed E-state index contributed by atoms with van der Waals surface area (Å²) >= 11 is 48.1. The number of benzene rings is 8. The first-order valence-corrected chi connectivity index (χ1v) is 48.6. The van der Waals surface area contributed by atoms with E-state index in [4.69, 9.17) is 142 Å². The van der Waals surface area contributed by atoms with Crippen LogP contribution in [0.4, 0.5) is 87.5 Å². The second-order valence-electron chi connectivity index (χ2n) is 36.0. The number of anilines is 3. The van der Waals surface area contributed by atoms with Gasteiger partial charge in [0.2, 0.25) is 29.1 Å². The van der Waals surface area contributed by atoms with E-state index in [1.54, 1.807) is 39.6 Å². The van der Waals surface area contributed by atoms with Crippen molar-refractivity contribution in [2.75, 3.05) is 55.6 Å². The first-order valence-electron chi connectivity index (χ1n) is 44.0. The number of hydrogen-bond acceptors (Lipinski definition) is 31. The second kappa shape index (κ2) is 66.2. The first-order chi connectivity index (χ1) is 68.6. The number of aromatic hydroxyl groups is 1. The number of hydrogen-bond donors (Lipinski definition) is 9. The zero-order chi connectivity index (χ0) is 114. The Labute approximate surface area is 917 Å². The van der Waals surface area contributed by atoms with E-state index in [1.165, 1.54) is 36.4 Å². The van der Waals surface area contributed by atoms with Crippen molar-refractivity contribution >= 4 is 216 Å². The van der Waals surface area contributed by atoms with Gasteiger partial charge in [0.25, 0.3) is 5.69 Å². The molecule has 149 heavy (non-hydrogen) atoms. The van der Waals surface area contributed by atoms with Crippen molar-refractivity contribution in [3.8, 4) is 10.7 Å². The van der Waals surface area contributed by atoms with E-state index >= 15 is 0 Å². The molecule has 3 atom stereocenters. The molecule has 0 aliphatic carbocycles. The topological polar surface area (TPSA) is 559 Å². The summed E-state index contributed by atoms with van der Waals surface area (Å²) in [5, 5.41) is 105. The van der Waals surface area contributed by atoms with Gasteiger partial charge in [0.1, 0.15) is 33.2 Å². The summed E-state index contributed by atoms with van der Waals surface area (Å²) in [4.78, 5) is 101. The number of amides is 3. The molecule has 12 rings (SSSR count). The van der Waals surface area contributed by atoms with Crippen LogP contribution in [0.1, 0.15) is 177 Å². The molecule has 10 N–H and O–H groups in total. The van der Waals surface area contributed by atoms with E-state index in [2.05, 4.69) is 67.2 Å². The molecule has 0 unspecified atom stereocenters. The zero-order valence-electron chi connectivity index (χ0n) is 83.0. The number of nitrogens with two attached hydrogens (primary N) is 2. The van der Waals surface area contributed by atoms with Crippen LogP contribution in [0.3, 0.4) is 0 Å². The molecule has 819 valence electrons. The standard InChI is InChI=1S/C18H26ClN3O4.C18H28ClN3O2.C12H14BClFNO4.C11H22N2O2.C7H5ClFNO2.C7H8O.C6H2BrClFNO2.C6H3ClFNO3.C6H3ClFNO2.CBrN.CH4.BHNS.H2O2/c1-12-9-14(19)16(15(10-12)22(24)25)20-13-7-5-6-8-21(11-13)17(23)26-18(2,3)4;1-12-9-14(19)16(15(20)10-12)21-13-7-5-6-8-22(11-13)17(23)24-18(2,3)4;1-11(2)12(3,4)20-13(19-11)7-5-8(14)10(15)9(6-7)16(17)18;1-11(2,3)15-10(14)13-7-5-4-6-9(12)8-13;1-4-2-5(8)7(9)6(3-4)10(11)12;8-6-7-4-2-1-3-5-7;7-3-1-4(8)6(9)5(2-3)10(11)12;7-4-1-3(10)2-5(6(4)8)9(11)12;7-4-2-1-3-5(6(4)8)9(10)11;2-1-3;;1-2-3;1-2/h9-10,13,20H,5-8,11H2,1-4H3;9-10,13,21H,5-8,11,20H2,1-4H3;5-6H,1-4H3;9H,4-8,12H2,1-3H3;2-3H,1H3;1-5,8H,6H2;1-2H;1-2,10H;1-3H;;1H4;3H;1-2H/t2*13-;;9-;;;;;;;;;/m11.1........./s1. The molecule has 4 fully saturated rings. The van der Waals surface area contributed by atoms with Crippen molar-refractivity contribution in [3.05, 3.63) is 273 Å². The number of thiol groups is 1. The predicted molar refractivity (Wildman–Crippen MR) is 577 cm³/mol. The van der Waals surface area contributed by atoms with Crippen LogP contribution >= 0.6 is 126 Å². The maximum atomic E-state index is 13.6. The monoisotopic (exact) mass is 2380 g/mol. The number of carbonyl (C=O) groups is 3. The number of halogens is 14. The molecule has 0 bridgehead atoms. The molecule has 1 radical (unpaired) electrons. The summed E-state index contributed by atoms with van der Waals surface area (Å²) in [7, 11) is 3.51. The summed E-state index contributed by atoms with van der Waals surface area (Å²) < 4.78 is 95.5. The van der Waals surface area contributed by atoms with E-state index < -0.39 is 133 Å². The van der Waals surface area contributed by atoms with Gasteiger partial charge in [0, 0.05) is 114 Å². The van der Waals surface area contributed by atoms with E-state index in [0.717, 1.165) is 117 Å². The molecule has 4 aliphatic rings. The molecule has 3 amide bonds. The minimum atomic E-state index is -1.14. The van der Waals surface area contributed by atoms with Gasteiger partial charge in [-0.25, -0.2) is 14.4 Å². The number of aryl methyl sites for hydroxylation is 3. The van der Waals surface area contributed by atoms with E-state index in [-0.39, 0.29) is 76.2 Å². The fraction of sp³-hybridized carbons (Fsp3) is 0.441. The molecule has 0 saturated carbocycles. The van der Waals surface area contributed by atoms with E-state index in [9.17, 15) is 97.0 Å². The van der Waals surface area contributed by atoms with Gasteiger partial charge >= 0.3 is 78.6 Å². The number of carbonyl (C=O) groups excluding carboxylic acids is 3. The summed E-state index contributed by atoms with van der Waals surface area (Å²) in [6.07, 6.45) is 7.79. The zero-order valence-corrected chi connectivity index (χ0v) is 92.4. The Morgan fingerprint density at radius 1 is 0.517 bits per heavy atom. The number of aliphatic hydroxyl groups is 1. The van der Waals surface area contributed by atoms with Gasteiger partial charge < -0.3 is 70.5 Å². The van der Waals surface area contributed by atoms with Gasteiger partial charge in [-0.1, -0.05) is 147 Å². The summed E-state index contributed by atoms with van der Waals surface area (Å²) in [5.41, 5.74) is 11.2. The van der Waals surface area contributed by atoms with Crippen molar-refractivity contribution in [1.82, 2.24) is 14.7 Å². The van der Waals surface area contributed by atoms with Crippen LogP contribution in [-0.4, -0.2) is 183 Å². The van der Waals surface area contributed by atoms with Crippen molar-refractivity contribution in [2.24, 2.45) is 10.0 Å². The van der Waals surface area contributed by atoms with Crippen LogP contribution in [0.5, 0.6) is 5.75 Å². The fourth-order valence-electron chi connectivity index (χ4n) is 12.8. The van der Waals surface area contributed by atoms with Crippen LogP contribution in [-0.2, 0) is 30.1 Å². The number of nitrogen functional groups attached to an aromatic ring is 1. The maximum absolute atomic E-state index is 13.6. The summed E-state index contributed by atoms with van der Waals surface area (Å²) in [6.45, 7) is 33.3. The van der Waals surface area contributed by atoms with Crippen LogP contribution in [0, 0.1) is 121 Å². The molecule has 0 spiro atoms. The Morgan fingerprint density at radius 3 is 1.23 bits per heavy atom. The van der Waals surface area contributed by atoms with Crippen molar-refractivity contribution in [3.63, 3.8) is 0 Å². The predicted octanol–water partition coefficient (Wildman–Crippen LogP) is 26.8. The molecule has 4 heterocycles. The molecule has 8 aromatic rings. The van der Waals surface area contributed by atoms with E-state index in [1.807, 2.05) is 139 Å². The molecule has 4 aliphatic heterocycles. The number of nitrogens with zero attached hydrogens (tertiary/aromatic N) is 11. The first kappa shape index (κ1) is 138. The van der Waals surface area contributed by atoms with E-state index in [0.29, 0.717) is 75.7 Å². The van der Waals surface area contributed by atoms with Gasteiger partial charge in [-0.3, -0.25) is 71.2 Å². The van der Waals surface area contributed by atoms with Crippen molar-refractivity contribution in [1.29, 1.82) is 5.26 Å². The number of rotatable bonds is 12. The van der Waals surface area contributed by atoms with Crippen molar-refractivity contribution < 1.29 is 110 Å². The Kier molecular flexibility index (Phi) is 61.5. The van der Waals surface area contributed by atoms with Crippen molar-refractivity contribution in [2.45, 2.75) is 229 Å². The molecule has 0 aromatic heterocycles. The number of aliphatic hydroxyl groups excluding tert-OH is 1. The SMILES string of the molecule is C.CC(C)(C)OC(=O)N1CCCC[C@@H](N)C1.CC1(C)OB(c2cc(Cl)c(F)c([N+](=O)[O-])c2)OC1(C)C.Cc1cc(Cl)c(F)c([N+](=O)[O-])c1.Cc1cc(Cl)c(N[C@@H]2CCCCN(C(=O)OC(C)(C)C)C2)c([N+](=O)[O-])c1.Cc1cc(N)c(N[C@@H]2CCCCN(C(=O)OC(C)(C)C)C2)c(Cl)c1.N#CBr.O=[N+]([O-])c1cc(Br)cc(Cl)c1F.O=[N+]([O-])c1cc(O)cc(Cl)c1F.O=[N+]([O-])c1cccc(Cl)c1F.OCc1ccccc1.OO.[B]=NS. The number of nitriles is 1. The number of ether oxygens (including phenoxy) is 3. The van der Waals surface area contributed by atoms with Crippen LogP contribution in [0.15, 0.2) is 130 Å². The molecule has 39 nitrogen and oxygen atoms in total. The molecule has 56 heteroatoms. The number of nitro groups is 6. The fourth-order valence-corrected chi connectivity index (χ4v) is 15.1. The number of nitro benzene ring substituents is 6. The summed E-state index contributed by atoms with van der Waals surface area (Å²) in [6, 6.07) is 28.9. The Bertz CT molecular complexity index is 5670. The van der Waals surface area contributed by atoms with Crippen LogP contribution in [0.25, 0.3) is 0 Å². The third kappa shape index (κ3) is 50.0. The van der Waals surface area contributed by atoms with Gasteiger partial charge in [-0.05, 0) is 232 Å². The Balaban J connectivity index is 0.00000167.